The zero-order valence-corrected chi connectivity index (χ0v) is 11.8. The Bertz CT molecular complexity index is 501. The predicted molar refractivity (Wildman–Crippen MR) is 81.5 cm³/mol. The van der Waals surface area contributed by atoms with E-state index in [4.69, 9.17) is 5.73 Å². The summed E-state index contributed by atoms with van der Waals surface area (Å²) in [5, 5.41) is 10.2. The smallest absolute Gasteiger partial charge is 0.0773 e. The van der Waals surface area contributed by atoms with Crippen LogP contribution in [0.15, 0.2) is 54.6 Å². The molecule has 0 aliphatic rings. The topological polar surface area (TPSA) is 46.2 Å². The molecule has 3 heteroatoms. The van der Waals surface area contributed by atoms with E-state index in [-0.39, 0.29) is 18.4 Å². The van der Waals surface area contributed by atoms with Crippen LogP contribution in [0.5, 0.6) is 0 Å². The molecule has 0 bridgehead atoms. The van der Waals surface area contributed by atoms with Crippen LogP contribution in [0.2, 0.25) is 0 Å². The Kier molecular flexibility index (Phi) is 6.03. The van der Waals surface area contributed by atoms with Gasteiger partial charge in [0.1, 0.15) is 0 Å². The molecular formula is C16H20ClNO. The molecule has 0 spiro atoms. The van der Waals surface area contributed by atoms with Crippen LogP contribution < -0.4 is 5.73 Å². The highest BCUT2D eigenvalue weighted by atomic mass is 35.5. The number of nitrogens with two attached hydrogens (primary N) is 1. The molecule has 2 atom stereocenters. The highest BCUT2D eigenvalue weighted by Crippen LogP contribution is 2.18. The van der Waals surface area contributed by atoms with Crippen LogP contribution in [0.25, 0.3) is 0 Å². The molecule has 0 fully saturated rings. The zero-order valence-electron chi connectivity index (χ0n) is 11.0. The van der Waals surface area contributed by atoms with Crippen LogP contribution in [0.4, 0.5) is 0 Å². The highest BCUT2D eigenvalue weighted by Gasteiger charge is 2.17. The Labute approximate surface area is 120 Å². The standard InChI is InChI=1S/C16H19NO.ClH/c1-12-6-5-9-14(10-12)16(17)15(18)11-13-7-3-2-4-8-13;/h2-10,15-16,18H,11,17H2,1H3;1H/t15-,16+;/m1./s1. The average Bonchev–Trinajstić information content (AvgIpc) is 2.39. The van der Waals surface area contributed by atoms with Crippen molar-refractivity contribution in [1.29, 1.82) is 0 Å². The van der Waals surface area contributed by atoms with E-state index in [1.807, 2.05) is 61.5 Å². The van der Waals surface area contributed by atoms with Crippen LogP contribution in [-0.4, -0.2) is 11.2 Å². The fourth-order valence-electron chi connectivity index (χ4n) is 2.08. The SMILES string of the molecule is Cc1cccc([C@H](N)[C@H](O)Cc2ccccc2)c1.Cl. The van der Waals surface area contributed by atoms with Crippen LogP contribution in [0, 0.1) is 6.92 Å². The summed E-state index contributed by atoms with van der Waals surface area (Å²) in [6, 6.07) is 17.6. The quantitative estimate of drug-likeness (QED) is 0.902. The number of hydrogen-bond donors (Lipinski definition) is 2. The summed E-state index contributed by atoms with van der Waals surface area (Å²) < 4.78 is 0. The molecule has 0 saturated carbocycles. The second-order valence-corrected chi connectivity index (χ2v) is 4.70. The van der Waals surface area contributed by atoms with Crippen LogP contribution in [0.3, 0.4) is 0 Å². The van der Waals surface area contributed by atoms with Gasteiger partial charge in [-0.15, -0.1) is 12.4 Å². The van der Waals surface area contributed by atoms with Crippen molar-refractivity contribution in [3.63, 3.8) is 0 Å². The Balaban J connectivity index is 0.00000180. The van der Waals surface area contributed by atoms with E-state index in [9.17, 15) is 5.11 Å². The molecule has 0 aromatic heterocycles. The molecule has 0 aliphatic heterocycles. The van der Waals surface area contributed by atoms with E-state index >= 15 is 0 Å². The normalized spacial score (nSPS) is 13.4. The molecule has 0 unspecified atom stereocenters. The lowest BCUT2D eigenvalue weighted by Crippen LogP contribution is -2.28. The summed E-state index contributed by atoms with van der Waals surface area (Å²) in [6.45, 7) is 2.03. The third kappa shape index (κ3) is 4.35. The van der Waals surface area contributed by atoms with Gasteiger partial charge in [0, 0.05) is 6.42 Å². The van der Waals surface area contributed by atoms with Gasteiger partial charge in [0.15, 0.2) is 0 Å². The highest BCUT2D eigenvalue weighted by molar-refractivity contribution is 5.85. The largest absolute Gasteiger partial charge is 0.391 e. The molecule has 0 aliphatic carbocycles. The number of aliphatic hydroxyl groups excluding tert-OH is 1. The summed E-state index contributed by atoms with van der Waals surface area (Å²) in [4.78, 5) is 0. The Morgan fingerprint density at radius 3 is 2.37 bits per heavy atom. The fraction of sp³-hybridized carbons (Fsp3) is 0.250. The van der Waals surface area contributed by atoms with Crippen LogP contribution in [-0.2, 0) is 6.42 Å². The van der Waals surface area contributed by atoms with Crippen molar-refractivity contribution >= 4 is 12.4 Å². The van der Waals surface area contributed by atoms with E-state index in [0.29, 0.717) is 6.42 Å². The minimum absolute atomic E-state index is 0. The van der Waals surface area contributed by atoms with Gasteiger partial charge in [-0.25, -0.2) is 0 Å². The number of rotatable bonds is 4. The van der Waals surface area contributed by atoms with Crippen molar-refractivity contribution in [3.8, 4) is 0 Å². The van der Waals surface area contributed by atoms with Gasteiger partial charge in [-0.05, 0) is 18.1 Å². The Hall–Kier alpha value is -1.35. The lowest BCUT2D eigenvalue weighted by atomic mass is 9.96. The molecule has 0 heterocycles. The van der Waals surface area contributed by atoms with Crippen molar-refractivity contribution < 1.29 is 5.11 Å². The van der Waals surface area contributed by atoms with Gasteiger partial charge in [-0.3, -0.25) is 0 Å². The first-order chi connectivity index (χ1) is 8.66. The van der Waals surface area contributed by atoms with E-state index in [0.717, 1.165) is 16.7 Å². The van der Waals surface area contributed by atoms with Crippen LogP contribution in [0.1, 0.15) is 22.7 Å². The molecule has 3 N–H and O–H groups in total. The van der Waals surface area contributed by atoms with E-state index in [1.54, 1.807) is 0 Å². The number of benzene rings is 2. The fourth-order valence-corrected chi connectivity index (χ4v) is 2.08. The number of aryl methyl sites for hydroxylation is 1. The lowest BCUT2D eigenvalue weighted by Gasteiger charge is -2.19. The lowest BCUT2D eigenvalue weighted by molar-refractivity contribution is 0.145. The summed E-state index contributed by atoms with van der Waals surface area (Å²) in [7, 11) is 0. The number of halogens is 1. The zero-order chi connectivity index (χ0) is 13.0. The molecule has 19 heavy (non-hydrogen) atoms. The van der Waals surface area contributed by atoms with Gasteiger partial charge in [-0.1, -0.05) is 60.2 Å². The third-order valence-electron chi connectivity index (χ3n) is 3.13. The van der Waals surface area contributed by atoms with Gasteiger partial charge < -0.3 is 10.8 Å². The van der Waals surface area contributed by atoms with Crippen molar-refractivity contribution in [2.75, 3.05) is 0 Å². The van der Waals surface area contributed by atoms with E-state index < -0.39 is 6.10 Å². The minimum atomic E-state index is -0.561. The second kappa shape index (κ2) is 7.29. The summed E-state index contributed by atoms with van der Waals surface area (Å²) in [6.07, 6.45) is 0.0184. The first-order valence-electron chi connectivity index (χ1n) is 6.21. The van der Waals surface area contributed by atoms with Gasteiger partial charge in [0.25, 0.3) is 0 Å². The number of aliphatic hydroxyl groups is 1. The molecule has 102 valence electrons. The molecule has 0 radical (unpaired) electrons. The van der Waals surface area contributed by atoms with E-state index in [1.165, 1.54) is 0 Å². The average molecular weight is 278 g/mol. The van der Waals surface area contributed by atoms with Crippen molar-refractivity contribution in [2.45, 2.75) is 25.5 Å². The predicted octanol–water partition coefficient (Wildman–Crippen LogP) is 3.02. The minimum Gasteiger partial charge on any atom is -0.391 e. The summed E-state index contributed by atoms with van der Waals surface area (Å²) in [5.74, 6) is 0. The first-order valence-corrected chi connectivity index (χ1v) is 6.21. The Morgan fingerprint density at radius 1 is 1.05 bits per heavy atom. The van der Waals surface area contributed by atoms with Gasteiger partial charge in [0.2, 0.25) is 0 Å². The third-order valence-corrected chi connectivity index (χ3v) is 3.13. The van der Waals surface area contributed by atoms with Gasteiger partial charge >= 0.3 is 0 Å². The molecule has 2 aromatic carbocycles. The van der Waals surface area contributed by atoms with E-state index in [2.05, 4.69) is 0 Å². The molecule has 2 nitrogen and oxygen atoms in total. The van der Waals surface area contributed by atoms with Crippen molar-refractivity contribution in [3.05, 3.63) is 71.3 Å². The maximum absolute atomic E-state index is 10.2. The maximum Gasteiger partial charge on any atom is 0.0773 e. The first kappa shape index (κ1) is 15.7. The molecule has 0 amide bonds. The van der Waals surface area contributed by atoms with Gasteiger partial charge in [-0.2, -0.15) is 0 Å². The van der Waals surface area contributed by atoms with Crippen molar-refractivity contribution in [1.82, 2.24) is 0 Å². The monoisotopic (exact) mass is 277 g/mol. The van der Waals surface area contributed by atoms with Crippen molar-refractivity contribution in [2.24, 2.45) is 5.73 Å². The maximum atomic E-state index is 10.2. The summed E-state index contributed by atoms with van der Waals surface area (Å²) >= 11 is 0. The second-order valence-electron chi connectivity index (χ2n) is 4.70. The Morgan fingerprint density at radius 2 is 1.74 bits per heavy atom. The number of hydrogen-bond acceptors (Lipinski definition) is 2. The summed E-state index contributed by atoms with van der Waals surface area (Å²) in [5.41, 5.74) is 9.36. The van der Waals surface area contributed by atoms with Crippen LogP contribution >= 0.6 is 12.4 Å². The molecule has 0 saturated heterocycles. The van der Waals surface area contributed by atoms with Gasteiger partial charge in [0.05, 0.1) is 12.1 Å². The molecule has 2 aromatic rings. The molecular weight excluding hydrogens is 258 g/mol. The molecule has 2 rings (SSSR count).